The van der Waals surface area contributed by atoms with Crippen molar-refractivity contribution in [2.24, 2.45) is 5.73 Å². The van der Waals surface area contributed by atoms with Gasteiger partial charge in [0.1, 0.15) is 0 Å². The second kappa shape index (κ2) is 6.43. The van der Waals surface area contributed by atoms with Crippen LogP contribution in [0.1, 0.15) is 26.2 Å². The highest BCUT2D eigenvalue weighted by Crippen LogP contribution is 2.30. The number of nitrogens with one attached hydrogen (secondary N) is 1. The van der Waals surface area contributed by atoms with E-state index in [-0.39, 0.29) is 5.91 Å². The third kappa shape index (κ3) is 4.34. The molecule has 1 amide bonds. The number of rotatable bonds is 8. The predicted octanol–water partition coefficient (Wildman–Crippen LogP) is 1.74. The average molecular weight is 318 g/mol. The molecule has 106 valence electrons. The molecule has 1 aliphatic rings. The van der Waals surface area contributed by atoms with Gasteiger partial charge in [0.25, 0.3) is 0 Å². The molecule has 1 saturated carbocycles. The first kappa shape index (κ1) is 15.1. The fourth-order valence-electron chi connectivity index (χ4n) is 1.63. The number of hydrogen-bond donors (Lipinski definition) is 2. The lowest BCUT2D eigenvalue weighted by Gasteiger charge is -2.27. The Hall–Kier alpha value is -0.310. The maximum atomic E-state index is 11.6. The van der Waals surface area contributed by atoms with Gasteiger partial charge in [0.2, 0.25) is 5.91 Å². The van der Waals surface area contributed by atoms with Gasteiger partial charge in [-0.2, -0.15) is 0 Å². The molecule has 8 heteroatoms. The Morgan fingerprint density at radius 2 is 2.21 bits per heavy atom. The Morgan fingerprint density at radius 3 is 2.74 bits per heavy atom. The van der Waals surface area contributed by atoms with Crippen molar-refractivity contribution >= 4 is 40.8 Å². The van der Waals surface area contributed by atoms with Gasteiger partial charge in [-0.3, -0.25) is 4.79 Å². The Balaban J connectivity index is 1.82. The third-order valence-electron chi connectivity index (χ3n) is 3.03. The first-order chi connectivity index (χ1) is 9.03. The van der Waals surface area contributed by atoms with Crippen LogP contribution in [-0.4, -0.2) is 39.7 Å². The summed E-state index contributed by atoms with van der Waals surface area (Å²) in [4.78, 5) is 11.6. The van der Waals surface area contributed by atoms with Gasteiger partial charge in [-0.25, -0.2) is 0 Å². The van der Waals surface area contributed by atoms with Crippen LogP contribution in [0.25, 0.3) is 0 Å². The van der Waals surface area contributed by atoms with E-state index in [1.54, 1.807) is 34.9 Å². The molecule has 19 heavy (non-hydrogen) atoms. The van der Waals surface area contributed by atoms with Gasteiger partial charge in [0, 0.05) is 11.8 Å². The summed E-state index contributed by atoms with van der Waals surface area (Å²) < 4.78 is 1.92. The van der Waals surface area contributed by atoms with Crippen LogP contribution < -0.4 is 11.1 Å². The van der Waals surface area contributed by atoms with Crippen molar-refractivity contribution in [3.05, 3.63) is 0 Å². The molecule has 0 radical (unpaired) electrons. The number of carbonyl (C=O) groups excluding carboxylic acids is 1. The minimum absolute atomic E-state index is 0.276. The minimum atomic E-state index is -0.610. The quantitative estimate of drug-likeness (QED) is 0.711. The van der Waals surface area contributed by atoms with Gasteiger partial charge in [-0.05, 0) is 32.4 Å². The highest BCUT2D eigenvalue weighted by Gasteiger charge is 2.36. The van der Waals surface area contributed by atoms with Gasteiger partial charge in [0.15, 0.2) is 8.68 Å². The number of nitrogens with zero attached hydrogens (tertiary/aromatic N) is 2. The summed E-state index contributed by atoms with van der Waals surface area (Å²) in [5.41, 5.74) is 4.90. The number of aromatic nitrogens is 2. The normalized spacial score (nSPS) is 18.2. The van der Waals surface area contributed by atoms with Gasteiger partial charge >= 0.3 is 0 Å². The summed E-state index contributed by atoms with van der Waals surface area (Å²) in [5, 5.41) is 11.5. The Kier molecular flexibility index (Phi) is 5.10. The van der Waals surface area contributed by atoms with Crippen molar-refractivity contribution in [1.29, 1.82) is 0 Å². The standard InChI is InChI=1S/C11H18N4OS3/c1-11(8(12)16,13-7-3-4-7)5-6-18-10-15-14-9(17-2)19-10/h7,13H,3-6H2,1-2H3,(H2,12,16). The molecule has 0 aromatic carbocycles. The smallest absolute Gasteiger partial charge is 0.237 e. The number of carbonyl (C=O) groups is 1. The van der Waals surface area contributed by atoms with E-state index in [1.807, 2.05) is 13.2 Å². The van der Waals surface area contributed by atoms with Crippen LogP contribution in [0.4, 0.5) is 0 Å². The van der Waals surface area contributed by atoms with Crippen LogP contribution in [0.2, 0.25) is 0 Å². The Labute approximate surface area is 125 Å². The highest BCUT2D eigenvalue weighted by atomic mass is 32.2. The molecule has 1 aromatic heterocycles. The first-order valence-electron chi connectivity index (χ1n) is 6.11. The molecular weight excluding hydrogens is 300 g/mol. The van der Waals surface area contributed by atoms with E-state index >= 15 is 0 Å². The summed E-state index contributed by atoms with van der Waals surface area (Å²) in [6.45, 7) is 1.89. The maximum absolute atomic E-state index is 11.6. The average Bonchev–Trinajstić information content (AvgIpc) is 3.05. The van der Waals surface area contributed by atoms with E-state index in [9.17, 15) is 4.79 Å². The fraction of sp³-hybridized carbons (Fsp3) is 0.727. The lowest BCUT2D eigenvalue weighted by molar-refractivity contribution is -0.124. The molecule has 0 aliphatic heterocycles. The van der Waals surface area contributed by atoms with E-state index in [1.165, 1.54) is 0 Å². The van der Waals surface area contributed by atoms with Crippen molar-refractivity contribution in [2.75, 3.05) is 12.0 Å². The molecule has 1 atom stereocenters. The number of hydrogen-bond acceptors (Lipinski definition) is 7. The van der Waals surface area contributed by atoms with Crippen molar-refractivity contribution in [3.8, 4) is 0 Å². The molecule has 0 saturated heterocycles. The molecule has 1 aromatic rings. The van der Waals surface area contributed by atoms with Crippen molar-refractivity contribution < 1.29 is 4.79 Å². The van der Waals surface area contributed by atoms with Crippen LogP contribution in [-0.2, 0) is 4.79 Å². The van der Waals surface area contributed by atoms with Gasteiger partial charge < -0.3 is 11.1 Å². The second-order valence-electron chi connectivity index (χ2n) is 4.75. The van der Waals surface area contributed by atoms with Gasteiger partial charge in [-0.15, -0.1) is 10.2 Å². The largest absolute Gasteiger partial charge is 0.368 e. The molecule has 0 bridgehead atoms. The fourth-order valence-corrected chi connectivity index (χ4v) is 4.29. The minimum Gasteiger partial charge on any atom is -0.368 e. The topological polar surface area (TPSA) is 80.9 Å². The zero-order valence-corrected chi connectivity index (χ0v) is 13.5. The number of amides is 1. The molecule has 1 fully saturated rings. The molecule has 0 spiro atoms. The van der Waals surface area contributed by atoms with Crippen molar-refractivity contribution in [2.45, 2.75) is 46.4 Å². The van der Waals surface area contributed by atoms with Gasteiger partial charge in [0.05, 0.1) is 5.54 Å². The molecule has 1 aliphatic carbocycles. The van der Waals surface area contributed by atoms with E-state index < -0.39 is 5.54 Å². The monoisotopic (exact) mass is 318 g/mol. The predicted molar refractivity (Wildman–Crippen MR) is 80.8 cm³/mol. The number of thioether (sulfide) groups is 2. The van der Waals surface area contributed by atoms with Crippen LogP contribution in [0, 0.1) is 0 Å². The maximum Gasteiger partial charge on any atom is 0.237 e. The molecule has 2 rings (SSSR count). The highest BCUT2D eigenvalue weighted by molar-refractivity contribution is 8.02. The second-order valence-corrected chi connectivity index (χ2v) is 8.12. The SMILES string of the molecule is CSc1nnc(SCCC(C)(NC2CC2)C(N)=O)s1. The summed E-state index contributed by atoms with van der Waals surface area (Å²) >= 11 is 4.81. The van der Waals surface area contributed by atoms with Gasteiger partial charge in [-0.1, -0.05) is 34.9 Å². The van der Waals surface area contributed by atoms with E-state index in [4.69, 9.17) is 5.73 Å². The van der Waals surface area contributed by atoms with E-state index in [0.717, 1.165) is 27.3 Å². The van der Waals surface area contributed by atoms with Crippen LogP contribution in [0.5, 0.6) is 0 Å². The lowest BCUT2D eigenvalue weighted by atomic mass is 9.98. The van der Waals surface area contributed by atoms with Crippen LogP contribution in [0.3, 0.4) is 0 Å². The lowest BCUT2D eigenvalue weighted by Crippen LogP contribution is -2.54. The van der Waals surface area contributed by atoms with E-state index in [2.05, 4.69) is 15.5 Å². The zero-order valence-electron chi connectivity index (χ0n) is 11.0. The molecule has 3 N–H and O–H groups in total. The molecule has 5 nitrogen and oxygen atoms in total. The Bertz CT molecular complexity index is 449. The summed E-state index contributed by atoms with van der Waals surface area (Å²) in [6, 6.07) is 0.465. The Morgan fingerprint density at radius 1 is 1.53 bits per heavy atom. The summed E-state index contributed by atoms with van der Waals surface area (Å²) in [6.07, 6.45) is 4.98. The molecule has 1 unspecified atom stereocenters. The van der Waals surface area contributed by atoms with Crippen LogP contribution >= 0.6 is 34.9 Å². The summed E-state index contributed by atoms with van der Waals surface area (Å²) in [7, 11) is 0. The third-order valence-corrected chi connectivity index (χ3v) is 6.07. The number of primary amides is 1. The zero-order chi connectivity index (χ0) is 13.9. The van der Waals surface area contributed by atoms with Crippen molar-refractivity contribution in [3.63, 3.8) is 0 Å². The number of nitrogens with two attached hydrogens (primary N) is 1. The van der Waals surface area contributed by atoms with Crippen LogP contribution in [0.15, 0.2) is 8.68 Å². The molecule has 1 heterocycles. The van der Waals surface area contributed by atoms with Crippen molar-refractivity contribution in [1.82, 2.24) is 15.5 Å². The first-order valence-corrected chi connectivity index (χ1v) is 9.14. The summed E-state index contributed by atoms with van der Waals surface area (Å²) in [5.74, 6) is 0.532. The van der Waals surface area contributed by atoms with E-state index in [0.29, 0.717) is 12.5 Å². The molecular formula is C11H18N4OS3.